The van der Waals surface area contributed by atoms with Crippen molar-refractivity contribution in [2.75, 3.05) is 39.6 Å². The molecular weight excluding hydrogens is 1330 g/mol. The molecule has 5 atom stereocenters. The van der Waals surface area contributed by atoms with E-state index in [-0.39, 0.29) is 25.7 Å². The minimum absolute atomic E-state index is 0.0857. The van der Waals surface area contributed by atoms with Gasteiger partial charge in [-0.05, 0) is 57.3 Å². The summed E-state index contributed by atoms with van der Waals surface area (Å²) in [6, 6.07) is 0. The van der Waals surface area contributed by atoms with Gasteiger partial charge in [0, 0.05) is 25.7 Å². The number of hydrogen-bond acceptors (Lipinski definition) is 15. The Balaban J connectivity index is 5.28. The molecule has 0 aromatic heterocycles. The SMILES string of the molecule is CCCCCC/C=C\C=C/CCCCCCCC(=O)O[C@H](COC(=O)CCCCCCCCCCCCC)COP(=O)(O)OC[C@H](O)COP(=O)(O)OC[C@@H](COC(=O)CCCCCCCCCCCCCCCCCCC)OC(=O)CCCCCCCCCCCCCCCCCCC(C)C. The second-order valence-electron chi connectivity index (χ2n) is 29.7. The molecule has 19 heteroatoms. The van der Waals surface area contributed by atoms with Gasteiger partial charge in [0.2, 0.25) is 0 Å². The number of aliphatic hydroxyl groups excluding tert-OH is 1. The summed E-state index contributed by atoms with van der Waals surface area (Å²) in [6.07, 6.45) is 70.1. The zero-order valence-corrected chi connectivity index (χ0v) is 68.0. The Morgan fingerprint density at radius 1 is 0.304 bits per heavy atom. The van der Waals surface area contributed by atoms with Gasteiger partial charge in [0.15, 0.2) is 12.2 Å². The van der Waals surface area contributed by atoms with Gasteiger partial charge < -0.3 is 33.8 Å². The molecule has 602 valence electrons. The maximum Gasteiger partial charge on any atom is 0.472 e. The first kappa shape index (κ1) is 99.5. The summed E-state index contributed by atoms with van der Waals surface area (Å²) in [5, 5.41) is 10.7. The van der Waals surface area contributed by atoms with E-state index in [9.17, 15) is 43.2 Å². The van der Waals surface area contributed by atoms with Crippen LogP contribution < -0.4 is 0 Å². The highest BCUT2D eigenvalue weighted by atomic mass is 31.2. The Hall–Kier alpha value is -2.46. The van der Waals surface area contributed by atoms with E-state index in [0.29, 0.717) is 25.7 Å². The molecule has 0 spiro atoms. The van der Waals surface area contributed by atoms with Gasteiger partial charge in [0.05, 0.1) is 26.4 Å². The summed E-state index contributed by atoms with van der Waals surface area (Å²) < 4.78 is 68.7. The van der Waals surface area contributed by atoms with E-state index in [0.717, 1.165) is 109 Å². The average molecular weight is 1490 g/mol. The van der Waals surface area contributed by atoms with Crippen molar-refractivity contribution in [2.24, 2.45) is 5.92 Å². The predicted octanol–water partition coefficient (Wildman–Crippen LogP) is 24.8. The topological polar surface area (TPSA) is 237 Å². The third-order valence-electron chi connectivity index (χ3n) is 18.9. The zero-order chi connectivity index (χ0) is 74.8. The van der Waals surface area contributed by atoms with Crippen LogP contribution in [0, 0.1) is 5.92 Å². The first-order chi connectivity index (χ1) is 49.5. The molecule has 2 unspecified atom stereocenters. The van der Waals surface area contributed by atoms with Crippen molar-refractivity contribution in [3.05, 3.63) is 24.3 Å². The fourth-order valence-electron chi connectivity index (χ4n) is 12.4. The van der Waals surface area contributed by atoms with E-state index in [1.165, 1.54) is 231 Å². The fraction of sp³-hybridized carbons (Fsp3) is 0.904. The Bertz CT molecular complexity index is 2040. The number of allylic oxidation sites excluding steroid dienone is 4. The predicted molar refractivity (Wildman–Crippen MR) is 418 cm³/mol. The summed E-state index contributed by atoms with van der Waals surface area (Å²) >= 11 is 0. The van der Waals surface area contributed by atoms with Crippen LogP contribution in [0.15, 0.2) is 24.3 Å². The largest absolute Gasteiger partial charge is 0.472 e. The van der Waals surface area contributed by atoms with Crippen molar-refractivity contribution < 1.29 is 80.2 Å². The molecule has 0 aliphatic rings. The van der Waals surface area contributed by atoms with Crippen LogP contribution in [0.25, 0.3) is 0 Å². The molecule has 0 bridgehead atoms. The van der Waals surface area contributed by atoms with E-state index < -0.39 is 97.5 Å². The van der Waals surface area contributed by atoms with E-state index in [2.05, 4.69) is 58.9 Å². The quantitative estimate of drug-likeness (QED) is 0.0169. The normalized spacial score (nSPS) is 14.0. The Morgan fingerprint density at radius 3 is 0.804 bits per heavy atom. The molecule has 0 rings (SSSR count). The van der Waals surface area contributed by atoms with E-state index >= 15 is 0 Å². The number of ether oxygens (including phenoxy) is 4. The molecule has 0 aromatic carbocycles. The standard InChI is InChI=1S/C83H158O17P2/c1-6-9-12-15-18-21-24-26-28-29-34-37-42-47-52-57-62-67-81(86)94-73-79(100-83(88)69-64-59-54-49-44-39-35-31-30-33-36-41-45-50-55-60-65-76(4)5)75-98-102(91,92)96-71-77(84)70-95-101(89,90)97-74-78(72-93-80(85)66-61-56-51-46-40-23-20-17-14-11-8-3)99-82(87)68-63-58-53-48-43-38-32-27-25-22-19-16-13-10-7-2/h22,25,27,32,76-79,84H,6-21,23-24,26,28-31,33-75H2,1-5H3,(H,89,90)(H,91,92)/b25-22-,32-27-/t77-,78+,79+/m0/s1. The molecule has 0 aliphatic heterocycles. The molecular formula is C83H158O17P2. The smallest absolute Gasteiger partial charge is 0.462 e. The number of phosphoric acid groups is 2. The van der Waals surface area contributed by atoms with Crippen molar-refractivity contribution in [2.45, 2.75) is 438 Å². The molecule has 0 aliphatic carbocycles. The monoisotopic (exact) mass is 1490 g/mol. The number of esters is 4. The Kier molecular flexibility index (Phi) is 73.5. The van der Waals surface area contributed by atoms with Gasteiger partial charge in [0.1, 0.15) is 19.3 Å². The number of carbonyl (C=O) groups is 4. The minimum atomic E-state index is -4.97. The van der Waals surface area contributed by atoms with Crippen LogP contribution in [0.2, 0.25) is 0 Å². The van der Waals surface area contributed by atoms with Gasteiger partial charge in [-0.3, -0.25) is 37.3 Å². The Morgan fingerprint density at radius 2 is 0.529 bits per heavy atom. The number of rotatable bonds is 81. The van der Waals surface area contributed by atoms with Crippen LogP contribution in [0.3, 0.4) is 0 Å². The third kappa shape index (κ3) is 75.8. The van der Waals surface area contributed by atoms with Crippen LogP contribution in [0.1, 0.15) is 420 Å². The summed E-state index contributed by atoms with van der Waals surface area (Å²) in [4.78, 5) is 73.1. The maximum atomic E-state index is 13.1. The fourth-order valence-corrected chi connectivity index (χ4v) is 14.0. The lowest BCUT2D eigenvalue weighted by Gasteiger charge is -2.21. The number of aliphatic hydroxyl groups is 1. The summed E-state index contributed by atoms with van der Waals surface area (Å²) in [5.41, 5.74) is 0. The molecule has 0 saturated heterocycles. The van der Waals surface area contributed by atoms with Gasteiger partial charge in [-0.2, -0.15) is 0 Å². The molecule has 0 aromatic rings. The molecule has 0 radical (unpaired) electrons. The molecule has 0 heterocycles. The zero-order valence-electron chi connectivity index (χ0n) is 66.2. The number of unbranched alkanes of at least 4 members (excludes halogenated alkanes) is 50. The molecule has 17 nitrogen and oxygen atoms in total. The summed E-state index contributed by atoms with van der Waals surface area (Å²) in [5.74, 6) is -1.33. The lowest BCUT2D eigenvalue weighted by molar-refractivity contribution is -0.161. The van der Waals surface area contributed by atoms with Crippen molar-refractivity contribution >= 4 is 39.5 Å². The number of carbonyl (C=O) groups excluding carboxylic acids is 4. The molecule has 0 saturated carbocycles. The van der Waals surface area contributed by atoms with E-state index in [1.807, 2.05) is 0 Å². The lowest BCUT2D eigenvalue weighted by atomic mass is 10.0. The van der Waals surface area contributed by atoms with Gasteiger partial charge >= 0.3 is 39.5 Å². The van der Waals surface area contributed by atoms with Gasteiger partial charge in [-0.1, -0.05) is 367 Å². The second kappa shape index (κ2) is 75.4. The highest BCUT2D eigenvalue weighted by Crippen LogP contribution is 2.45. The van der Waals surface area contributed by atoms with Gasteiger partial charge in [-0.25, -0.2) is 9.13 Å². The third-order valence-corrected chi connectivity index (χ3v) is 20.8. The van der Waals surface area contributed by atoms with Crippen LogP contribution in [-0.4, -0.2) is 96.7 Å². The number of phosphoric ester groups is 2. The molecule has 3 N–H and O–H groups in total. The van der Waals surface area contributed by atoms with E-state index in [4.69, 9.17) is 37.0 Å². The summed E-state index contributed by atoms with van der Waals surface area (Å²) in [7, 11) is -9.93. The lowest BCUT2D eigenvalue weighted by Crippen LogP contribution is -2.30. The maximum absolute atomic E-state index is 13.1. The molecule has 102 heavy (non-hydrogen) atoms. The van der Waals surface area contributed by atoms with Crippen LogP contribution >= 0.6 is 15.6 Å². The van der Waals surface area contributed by atoms with Crippen molar-refractivity contribution in [1.82, 2.24) is 0 Å². The van der Waals surface area contributed by atoms with E-state index in [1.54, 1.807) is 0 Å². The van der Waals surface area contributed by atoms with Gasteiger partial charge in [0.25, 0.3) is 0 Å². The number of hydrogen-bond donors (Lipinski definition) is 3. The highest BCUT2D eigenvalue weighted by molar-refractivity contribution is 7.47. The van der Waals surface area contributed by atoms with Crippen LogP contribution in [0.5, 0.6) is 0 Å². The van der Waals surface area contributed by atoms with Crippen molar-refractivity contribution in [3.63, 3.8) is 0 Å². The summed E-state index contributed by atoms with van der Waals surface area (Å²) in [6.45, 7) is 7.31. The van der Waals surface area contributed by atoms with Crippen molar-refractivity contribution in [1.29, 1.82) is 0 Å². The minimum Gasteiger partial charge on any atom is -0.462 e. The van der Waals surface area contributed by atoms with Crippen molar-refractivity contribution in [3.8, 4) is 0 Å². The highest BCUT2D eigenvalue weighted by Gasteiger charge is 2.30. The Labute approximate surface area is 624 Å². The first-order valence-electron chi connectivity index (χ1n) is 42.5. The molecule has 0 amide bonds. The van der Waals surface area contributed by atoms with Gasteiger partial charge in [-0.15, -0.1) is 0 Å². The first-order valence-corrected chi connectivity index (χ1v) is 45.4. The average Bonchev–Trinajstić information content (AvgIpc) is 0.910. The second-order valence-corrected chi connectivity index (χ2v) is 32.6. The molecule has 0 fully saturated rings. The van der Waals surface area contributed by atoms with Crippen LogP contribution in [0.4, 0.5) is 0 Å². The van der Waals surface area contributed by atoms with Crippen LogP contribution in [-0.2, 0) is 65.4 Å².